The van der Waals surface area contributed by atoms with E-state index in [1.807, 2.05) is 50.8 Å². The summed E-state index contributed by atoms with van der Waals surface area (Å²) in [6.07, 6.45) is 4.32. The average Bonchev–Trinajstić information content (AvgIpc) is 2.90. The molecule has 1 aliphatic heterocycles. The van der Waals surface area contributed by atoms with E-state index in [2.05, 4.69) is 28.5 Å². The predicted octanol–water partition coefficient (Wildman–Crippen LogP) is 6.14. The van der Waals surface area contributed by atoms with E-state index < -0.39 is 15.6 Å². The molecule has 10 heteroatoms. The number of rotatable bonds is 5. The van der Waals surface area contributed by atoms with E-state index in [1.165, 1.54) is 12.1 Å². The van der Waals surface area contributed by atoms with E-state index in [-0.39, 0.29) is 58.6 Å². The fourth-order valence-electron chi connectivity index (χ4n) is 7.59. The van der Waals surface area contributed by atoms with Crippen LogP contribution < -0.4 is 9.46 Å². The van der Waals surface area contributed by atoms with Crippen molar-refractivity contribution >= 4 is 21.9 Å². The molecule has 2 aliphatic carbocycles. The van der Waals surface area contributed by atoms with Gasteiger partial charge in [0, 0.05) is 23.2 Å². The van der Waals surface area contributed by atoms with E-state index in [0.717, 1.165) is 42.4 Å². The third-order valence-electron chi connectivity index (χ3n) is 9.94. The number of ether oxygens (including phenoxy) is 1. The van der Waals surface area contributed by atoms with Crippen LogP contribution in [0.4, 0.5) is 5.95 Å². The van der Waals surface area contributed by atoms with Crippen LogP contribution in [0.3, 0.4) is 0 Å². The second-order valence-electron chi connectivity index (χ2n) is 14.4. The zero-order chi connectivity index (χ0) is 32.3. The van der Waals surface area contributed by atoms with Gasteiger partial charge in [-0.05, 0) is 106 Å². The van der Waals surface area contributed by atoms with Crippen LogP contribution in [0.1, 0.15) is 81.3 Å². The van der Waals surface area contributed by atoms with Crippen molar-refractivity contribution in [3.8, 4) is 17.1 Å². The molecule has 2 aromatic carbocycles. The highest BCUT2D eigenvalue weighted by atomic mass is 32.2. The van der Waals surface area contributed by atoms with Gasteiger partial charge in [-0.15, -0.1) is 0 Å². The molecule has 9 nitrogen and oxygen atoms in total. The smallest absolute Gasteiger partial charge is 0.264 e. The molecule has 0 unspecified atom stereocenters. The molecule has 45 heavy (non-hydrogen) atoms. The Morgan fingerprint density at radius 3 is 2.36 bits per heavy atom. The lowest BCUT2D eigenvalue weighted by atomic mass is 9.47. The summed E-state index contributed by atoms with van der Waals surface area (Å²) >= 11 is 0. The first kappa shape index (κ1) is 31.5. The highest BCUT2D eigenvalue weighted by Gasteiger charge is 2.58. The van der Waals surface area contributed by atoms with Crippen LogP contribution in [0.2, 0.25) is 0 Å². The molecule has 1 atom stereocenters. The lowest BCUT2D eigenvalue weighted by Crippen LogP contribution is -2.62. The quantitative estimate of drug-likeness (QED) is 0.347. The normalized spacial score (nSPS) is 26.1. The second kappa shape index (κ2) is 11.4. The van der Waals surface area contributed by atoms with Crippen LogP contribution in [0.15, 0.2) is 53.4 Å². The number of nitrogens with one attached hydrogen (secondary N) is 1. The first-order chi connectivity index (χ1) is 21.1. The van der Waals surface area contributed by atoms with E-state index in [9.17, 15) is 18.3 Å². The molecule has 6 rings (SSSR count). The monoisotopic (exact) mass is 632 g/mol. The molecule has 2 fully saturated rings. The molecule has 1 spiro atoms. The van der Waals surface area contributed by atoms with Gasteiger partial charge in [-0.1, -0.05) is 38.1 Å². The highest BCUT2D eigenvalue weighted by molar-refractivity contribution is 7.92. The number of fused-ring (bicyclic) bond motifs is 4. The molecule has 2 N–H and O–H groups in total. The van der Waals surface area contributed by atoms with Gasteiger partial charge in [-0.25, -0.2) is 18.1 Å². The van der Waals surface area contributed by atoms with Crippen molar-refractivity contribution in [1.29, 1.82) is 0 Å². The number of nitrogens with zero attached hydrogens (tertiary/aromatic N) is 3. The summed E-state index contributed by atoms with van der Waals surface area (Å²) in [6, 6.07) is 13.6. The van der Waals surface area contributed by atoms with Crippen LogP contribution in [0.5, 0.6) is 5.88 Å². The Labute approximate surface area is 266 Å². The molecular weight excluding hydrogens is 588 g/mol. The molecule has 1 aromatic heterocycles. The molecule has 240 valence electrons. The molecule has 0 radical (unpaired) electrons. The zero-order valence-electron chi connectivity index (χ0n) is 27.0. The van der Waals surface area contributed by atoms with Crippen molar-refractivity contribution in [2.45, 2.75) is 96.2 Å². The van der Waals surface area contributed by atoms with Crippen LogP contribution in [-0.2, 0) is 10.0 Å². The Morgan fingerprint density at radius 1 is 1.04 bits per heavy atom. The minimum atomic E-state index is -4.12. The third-order valence-corrected chi connectivity index (χ3v) is 11.3. The van der Waals surface area contributed by atoms with Gasteiger partial charge in [0.15, 0.2) is 0 Å². The summed E-state index contributed by atoms with van der Waals surface area (Å²) in [4.78, 5) is 25.4. The van der Waals surface area contributed by atoms with E-state index in [4.69, 9.17) is 4.74 Å². The Balaban J connectivity index is 1.41. The number of anilines is 1. The van der Waals surface area contributed by atoms with E-state index in [1.54, 1.807) is 18.2 Å². The number of aliphatic hydroxyl groups is 1. The van der Waals surface area contributed by atoms with Crippen molar-refractivity contribution < 1.29 is 23.1 Å². The highest BCUT2D eigenvalue weighted by Crippen LogP contribution is 2.62. The SMILES string of the molecule is Cc1cccc(C)c1-c1cc2nc(n1)NS(=O)(=O)c1cccc(c1)C(=O)N([C@H]1CC3(C1)C[C@H](C(C)(C)O)C3)[C@H](CC(C)C)CO2. The number of hydrogen-bond acceptors (Lipinski definition) is 7. The molecule has 3 aliphatic rings. The minimum Gasteiger partial charge on any atom is -0.475 e. The topological polar surface area (TPSA) is 122 Å². The maximum Gasteiger partial charge on any atom is 0.264 e. The van der Waals surface area contributed by atoms with Gasteiger partial charge in [0.1, 0.15) is 6.61 Å². The first-order valence-electron chi connectivity index (χ1n) is 15.9. The number of benzene rings is 2. The third kappa shape index (κ3) is 6.19. The summed E-state index contributed by atoms with van der Waals surface area (Å²) in [5, 5.41) is 10.5. The number of carbonyl (C=O) groups excluding carboxylic acids is 1. The van der Waals surface area contributed by atoms with E-state index in [0.29, 0.717) is 17.7 Å². The van der Waals surface area contributed by atoms with Crippen molar-refractivity contribution in [1.82, 2.24) is 14.9 Å². The van der Waals surface area contributed by atoms with Crippen LogP contribution in [0, 0.1) is 31.1 Å². The lowest BCUT2D eigenvalue weighted by molar-refractivity contribution is -0.146. The molecule has 2 saturated carbocycles. The molecule has 4 bridgehead atoms. The van der Waals surface area contributed by atoms with Crippen molar-refractivity contribution in [2.24, 2.45) is 17.3 Å². The summed E-state index contributed by atoms with van der Waals surface area (Å²) < 4.78 is 36.2. The molecule has 2 heterocycles. The Bertz CT molecular complexity index is 1700. The first-order valence-corrected chi connectivity index (χ1v) is 17.4. The van der Waals surface area contributed by atoms with Gasteiger partial charge in [0.25, 0.3) is 15.9 Å². The molecular formula is C35H44N4O5S. The number of aryl methyl sites for hydroxylation is 2. The minimum absolute atomic E-state index is 0.0118. The number of carbonyl (C=O) groups is 1. The number of sulfonamides is 1. The standard InChI is InChI=1S/C35H44N4O5S/c1-21(2)13-26-20-44-30-15-29(31-22(3)9-7-10-23(31)4)36-33(37-30)38-45(42,43)28-12-8-11-24(14-28)32(40)39(26)27-18-35(19-27)16-25(17-35)34(5,6)41/h7-12,14-15,21,25-27,41H,13,16-20H2,1-6H3,(H,36,37,38)/t25-,26-,27-,35?/m1/s1. The fraction of sp³-hybridized carbons (Fsp3) is 0.514. The fourth-order valence-corrected chi connectivity index (χ4v) is 8.58. The Hall–Kier alpha value is -3.50. The van der Waals surface area contributed by atoms with Gasteiger partial charge < -0.3 is 14.7 Å². The van der Waals surface area contributed by atoms with Gasteiger partial charge in [-0.3, -0.25) is 4.79 Å². The van der Waals surface area contributed by atoms with E-state index >= 15 is 0 Å². The molecule has 0 saturated heterocycles. The number of amides is 1. The van der Waals surface area contributed by atoms with Crippen LogP contribution in [0.25, 0.3) is 11.3 Å². The zero-order valence-corrected chi connectivity index (χ0v) is 27.8. The summed E-state index contributed by atoms with van der Waals surface area (Å²) in [5.41, 5.74) is 3.17. The van der Waals surface area contributed by atoms with Crippen LogP contribution in [-0.4, -0.2) is 58.6 Å². The van der Waals surface area contributed by atoms with Crippen LogP contribution >= 0.6 is 0 Å². The van der Waals surface area contributed by atoms with Gasteiger partial charge in [0.2, 0.25) is 11.8 Å². The summed E-state index contributed by atoms with van der Waals surface area (Å²) in [6.45, 7) is 12.2. The summed E-state index contributed by atoms with van der Waals surface area (Å²) in [5.74, 6) is 0.482. The second-order valence-corrected chi connectivity index (χ2v) is 16.1. The number of aromatic nitrogens is 2. The predicted molar refractivity (Wildman–Crippen MR) is 174 cm³/mol. The summed E-state index contributed by atoms with van der Waals surface area (Å²) in [7, 11) is -4.12. The van der Waals surface area contributed by atoms with Gasteiger partial charge in [0.05, 0.1) is 22.2 Å². The maximum atomic E-state index is 14.4. The Morgan fingerprint density at radius 2 is 1.71 bits per heavy atom. The van der Waals surface area contributed by atoms with Crippen molar-refractivity contribution in [2.75, 3.05) is 11.3 Å². The van der Waals surface area contributed by atoms with Crippen molar-refractivity contribution in [3.63, 3.8) is 0 Å². The largest absolute Gasteiger partial charge is 0.475 e. The Kier molecular flexibility index (Phi) is 7.96. The van der Waals surface area contributed by atoms with Gasteiger partial charge in [-0.2, -0.15) is 4.98 Å². The molecule has 1 amide bonds. The van der Waals surface area contributed by atoms with Gasteiger partial charge >= 0.3 is 0 Å². The lowest BCUT2D eigenvalue weighted by Gasteiger charge is -2.62. The average molecular weight is 633 g/mol. The molecule has 3 aromatic rings. The van der Waals surface area contributed by atoms with Crippen molar-refractivity contribution in [3.05, 3.63) is 65.2 Å². The number of hydrogen-bond donors (Lipinski definition) is 2. The maximum absolute atomic E-state index is 14.4.